The third-order valence-corrected chi connectivity index (χ3v) is 3.26. The van der Waals surface area contributed by atoms with E-state index in [4.69, 9.17) is 14.2 Å². The summed E-state index contributed by atoms with van der Waals surface area (Å²) in [5.41, 5.74) is 1.61. The van der Waals surface area contributed by atoms with Crippen molar-refractivity contribution in [2.75, 3.05) is 14.2 Å². The van der Waals surface area contributed by atoms with Crippen molar-refractivity contribution in [2.24, 2.45) is 0 Å². The normalized spacial score (nSPS) is 10.1. The van der Waals surface area contributed by atoms with Crippen molar-refractivity contribution in [3.63, 3.8) is 0 Å². The van der Waals surface area contributed by atoms with Gasteiger partial charge in [0, 0.05) is 6.07 Å². The molecule has 0 bridgehead atoms. The van der Waals surface area contributed by atoms with Gasteiger partial charge in [0.1, 0.15) is 17.2 Å². The molecule has 0 N–H and O–H groups in total. The SMILES string of the molecule is CCCc1ccc(OC(=O)c2cc(OC)cc(OC)c2)cc1. The first-order valence-electron chi connectivity index (χ1n) is 7.20. The summed E-state index contributed by atoms with van der Waals surface area (Å²) in [5.74, 6) is 1.17. The number of hydrogen-bond acceptors (Lipinski definition) is 4. The van der Waals surface area contributed by atoms with Crippen molar-refractivity contribution in [3.8, 4) is 17.2 Å². The van der Waals surface area contributed by atoms with Gasteiger partial charge in [0.15, 0.2) is 0 Å². The molecule has 0 unspecified atom stereocenters. The first-order chi connectivity index (χ1) is 10.7. The van der Waals surface area contributed by atoms with Crippen LogP contribution < -0.4 is 14.2 Å². The van der Waals surface area contributed by atoms with Crippen molar-refractivity contribution in [1.29, 1.82) is 0 Å². The molecule has 2 aromatic carbocycles. The second kappa shape index (κ2) is 7.50. The molecule has 0 fully saturated rings. The molecular formula is C18H20O4. The van der Waals surface area contributed by atoms with Crippen LogP contribution in [0, 0.1) is 0 Å². The van der Waals surface area contributed by atoms with E-state index in [9.17, 15) is 4.79 Å². The van der Waals surface area contributed by atoms with E-state index >= 15 is 0 Å². The Morgan fingerprint density at radius 2 is 1.50 bits per heavy atom. The molecule has 0 radical (unpaired) electrons. The van der Waals surface area contributed by atoms with E-state index in [1.807, 2.05) is 12.1 Å². The zero-order chi connectivity index (χ0) is 15.9. The predicted molar refractivity (Wildman–Crippen MR) is 84.9 cm³/mol. The number of aryl methyl sites for hydroxylation is 1. The number of rotatable bonds is 6. The minimum atomic E-state index is -0.444. The molecule has 0 aliphatic carbocycles. The fraction of sp³-hybridized carbons (Fsp3) is 0.278. The number of hydrogen-bond donors (Lipinski definition) is 0. The monoisotopic (exact) mass is 300 g/mol. The zero-order valence-corrected chi connectivity index (χ0v) is 13.1. The Labute approximate surface area is 130 Å². The highest BCUT2D eigenvalue weighted by Crippen LogP contribution is 2.24. The number of carbonyl (C=O) groups is 1. The van der Waals surface area contributed by atoms with Crippen LogP contribution >= 0.6 is 0 Å². The molecule has 0 amide bonds. The topological polar surface area (TPSA) is 44.8 Å². The van der Waals surface area contributed by atoms with Gasteiger partial charge in [-0.3, -0.25) is 0 Å². The largest absolute Gasteiger partial charge is 0.497 e. The lowest BCUT2D eigenvalue weighted by Gasteiger charge is -2.09. The van der Waals surface area contributed by atoms with Crippen LogP contribution in [-0.2, 0) is 6.42 Å². The number of ether oxygens (including phenoxy) is 3. The smallest absolute Gasteiger partial charge is 0.343 e. The molecule has 0 aromatic heterocycles. The van der Waals surface area contributed by atoms with Gasteiger partial charge in [-0.2, -0.15) is 0 Å². The Morgan fingerprint density at radius 1 is 0.909 bits per heavy atom. The molecule has 0 saturated carbocycles. The predicted octanol–water partition coefficient (Wildman–Crippen LogP) is 3.88. The molecule has 116 valence electrons. The maximum absolute atomic E-state index is 12.2. The summed E-state index contributed by atoms with van der Waals surface area (Å²) in [7, 11) is 3.08. The van der Waals surface area contributed by atoms with E-state index in [1.54, 1.807) is 30.3 Å². The fourth-order valence-electron chi connectivity index (χ4n) is 2.10. The Morgan fingerprint density at radius 3 is 2.00 bits per heavy atom. The maximum Gasteiger partial charge on any atom is 0.343 e. The Balaban J connectivity index is 2.14. The fourth-order valence-corrected chi connectivity index (χ4v) is 2.10. The van der Waals surface area contributed by atoms with Gasteiger partial charge in [0.25, 0.3) is 0 Å². The van der Waals surface area contributed by atoms with Gasteiger partial charge in [-0.25, -0.2) is 4.79 Å². The van der Waals surface area contributed by atoms with Crippen molar-refractivity contribution >= 4 is 5.97 Å². The lowest BCUT2D eigenvalue weighted by atomic mass is 10.1. The van der Waals surface area contributed by atoms with Gasteiger partial charge in [0.05, 0.1) is 19.8 Å². The molecule has 2 rings (SSSR count). The number of benzene rings is 2. The summed E-state index contributed by atoms with van der Waals surface area (Å²) in [6.45, 7) is 2.13. The Kier molecular flexibility index (Phi) is 5.42. The maximum atomic E-state index is 12.2. The van der Waals surface area contributed by atoms with Gasteiger partial charge in [-0.15, -0.1) is 0 Å². The van der Waals surface area contributed by atoms with Crippen LogP contribution in [0.1, 0.15) is 29.3 Å². The molecule has 4 heteroatoms. The Hall–Kier alpha value is -2.49. The quantitative estimate of drug-likeness (QED) is 0.600. The van der Waals surface area contributed by atoms with Crippen molar-refractivity contribution in [2.45, 2.75) is 19.8 Å². The third kappa shape index (κ3) is 4.01. The van der Waals surface area contributed by atoms with E-state index in [2.05, 4.69) is 6.92 Å². The molecule has 2 aromatic rings. The van der Waals surface area contributed by atoms with E-state index in [-0.39, 0.29) is 0 Å². The summed E-state index contributed by atoms with van der Waals surface area (Å²) >= 11 is 0. The molecule has 0 heterocycles. The van der Waals surface area contributed by atoms with Crippen LogP contribution in [0.15, 0.2) is 42.5 Å². The molecule has 4 nitrogen and oxygen atoms in total. The molecule has 0 aliphatic rings. The van der Waals surface area contributed by atoms with Gasteiger partial charge in [0.2, 0.25) is 0 Å². The highest BCUT2D eigenvalue weighted by Gasteiger charge is 2.12. The first kappa shape index (κ1) is 15.9. The van der Waals surface area contributed by atoms with Crippen LogP contribution in [0.2, 0.25) is 0 Å². The molecule has 22 heavy (non-hydrogen) atoms. The van der Waals surface area contributed by atoms with Crippen LogP contribution in [0.5, 0.6) is 17.2 Å². The van der Waals surface area contributed by atoms with Crippen LogP contribution in [0.4, 0.5) is 0 Å². The second-order valence-electron chi connectivity index (χ2n) is 4.88. The van der Waals surface area contributed by atoms with Gasteiger partial charge in [-0.05, 0) is 36.2 Å². The van der Waals surface area contributed by atoms with Crippen molar-refractivity contribution in [1.82, 2.24) is 0 Å². The molecule has 0 spiro atoms. The van der Waals surface area contributed by atoms with E-state index in [0.717, 1.165) is 12.8 Å². The average Bonchev–Trinajstić information content (AvgIpc) is 2.56. The molecule has 0 saturated heterocycles. The second-order valence-corrected chi connectivity index (χ2v) is 4.88. The molecule has 0 aliphatic heterocycles. The minimum absolute atomic E-state index is 0.383. The standard InChI is InChI=1S/C18H20O4/c1-4-5-13-6-8-15(9-7-13)22-18(19)14-10-16(20-2)12-17(11-14)21-3/h6-12H,4-5H2,1-3H3. The highest BCUT2D eigenvalue weighted by molar-refractivity contribution is 5.92. The van der Waals surface area contributed by atoms with Crippen LogP contribution in [0.3, 0.4) is 0 Å². The summed E-state index contributed by atoms with van der Waals surface area (Å²) in [5, 5.41) is 0. The summed E-state index contributed by atoms with van der Waals surface area (Å²) in [4.78, 5) is 12.2. The molecular weight excluding hydrogens is 280 g/mol. The summed E-state index contributed by atoms with van der Waals surface area (Å²) in [6, 6.07) is 12.5. The lowest BCUT2D eigenvalue weighted by Crippen LogP contribution is -2.09. The average molecular weight is 300 g/mol. The minimum Gasteiger partial charge on any atom is -0.497 e. The van der Waals surface area contributed by atoms with Crippen molar-refractivity contribution < 1.29 is 19.0 Å². The van der Waals surface area contributed by atoms with E-state index in [0.29, 0.717) is 22.8 Å². The number of methoxy groups -OCH3 is 2. The van der Waals surface area contributed by atoms with E-state index in [1.165, 1.54) is 19.8 Å². The van der Waals surface area contributed by atoms with Gasteiger partial charge >= 0.3 is 5.97 Å². The summed E-state index contributed by atoms with van der Waals surface area (Å²) in [6.07, 6.45) is 2.10. The van der Waals surface area contributed by atoms with Crippen LogP contribution in [-0.4, -0.2) is 20.2 Å². The first-order valence-corrected chi connectivity index (χ1v) is 7.20. The van der Waals surface area contributed by atoms with Gasteiger partial charge in [-0.1, -0.05) is 25.5 Å². The van der Waals surface area contributed by atoms with E-state index < -0.39 is 5.97 Å². The number of carbonyl (C=O) groups excluding carboxylic acids is 1. The van der Waals surface area contributed by atoms with Gasteiger partial charge < -0.3 is 14.2 Å². The lowest BCUT2D eigenvalue weighted by molar-refractivity contribution is 0.0734. The summed E-state index contributed by atoms with van der Waals surface area (Å²) < 4.78 is 15.7. The van der Waals surface area contributed by atoms with Crippen LogP contribution in [0.25, 0.3) is 0 Å². The van der Waals surface area contributed by atoms with Crippen molar-refractivity contribution in [3.05, 3.63) is 53.6 Å². The zero-order valence-electron chi connectivity index (χ0n) is 13.1. The third-order valence-electron chi connectivity index (χ3n) is 3.26. The highest BCUT2D eigenvalue weighted by atomic mass is 16.5. The number of esters is 1. The Bertz CT molecular complexity index is 610. The molecule has 0 atom stereocenters.